The molecule has 6 atom stereocenters. The molecule has 1 fully saturated rings. The van der Waals surface area contributed by atoms with Gasteiger partial charge in [-0.2, -0.15) is 0 Å². The number of hydrogen-bond donors (Lipinski definition) is 6. The van der Waals surface area contributed by atoms with Crippen LogP contribution in [0.1, 0.15) is 37.8 Å². The van der Waals surface area contributed by atoms with E-state index in [2.05, 4.69) is 10.6 Å². The van der Waals surface area contributed by atoms with Gasteiger partial charge in [-0.05, 0) is 43.0 Å². The third-order valence-corrected chi connectivity index (χ3v) is 6.81. The molecule has 4 rings (SSSR count). The van der Waals surface area contributed by atoms with Crippen LogP contribution in [0.3, 0.4) is 0 Å². The van der Waals surface area contributed by atoms with Crippen LogP contribution in [0.4, 0.5) is 9.59 Å². The molecule has 2 amide bonds. The average molecular weight is 559 g/mol. The highest BCUT2D eigenvalue weighted by atomic mass is 16.6. The van der Waals surface area contributed by atoms with E-state index in [1.807, 2.05) is 48.5 Å². The summed E-state index contributed by atoms with van der Waals surface area (Å²) in [6.45, 7) is 4.41. The van der Waals surface area contributed by atoms with Gasteiger partial charge in [-0.1, -0.05) is 48.5 Å². The van der Waals surface area contributed by atoms with Crippen LogP contribution in [0.2, 0.25) is 0 Å². The number of fused-ring (bicyclic) bond motifs is 3. The van der Waals surface area contributed by atoms with Crippen molar-refractivity contribution < 1.29 is 49.0 Å². The van der Waals surface area contributed by atoms with Crippen LogP contribution in [0.25, 0.3) is 11.1 Å². The van der Waals surface area contributed by atoms with E-state index in [9.17, 15) is 34.8 Å². The molecule has 2 aromatic carbocycles. The second-order valence-electron chi connectivity index (χ2n) is 10.8. The lowest BCUT2D eigenvalue weighted by atomic mass is 9.91. The quantitative estimate of drug-likeness (QED) is 0.290. The van der Waals surface area contributed by atoms with Gasteiger partial charge >= 0.3 is 18.2 Å². The number of carbonyl (C=O) groups excluding carboxylic acids is 2. The molecule has 0 radical (unpaired) electrons. The lowest BCUT2D eigenvalue weighted by Gasteiger charge is -2.42. The van der Waals surface area contributed by atoms with Crippen molar-refractivity contribution in [2.24, 2.45) is 0 Å². The van der Waals surface area contributed by atoms with Crippen molar-refractivity contribution in [3.63, 3.8) is 0 Å². The standard InChI is InChI=1S/C28H34N2O10/c1-28(2,3)40-27(37)30-20(25(34)35)24-23(33)22(32)21(31)19(39-24)12-29-26(36)38-13-18-16-10-6-4-8-14(16)15-9-5-7-11-17(15)18/h4-11,18-24,31-33H,12-13H2,1-3H3,(H,29,36)(H,30,37)(H,34,35)/t19?,20-,21-,22?,23?,24+/m1/s1. The highest BCUT2D eigenvalue weighted by Crippen LogP contribution is 2.44. The summed E-state index contributed by atoms with van der Waals surface area (Å²) in [5.74, 6) is -1.74. The summed E-state index contributed by atoms with van der Waals surface area (Å²) in [6.07, 6.45) is -10.3. The summed E-state index contributed by atoms with van der Waals surface area (Å²) >= 11 is 0. The molecular weight excluding hydrogens is 524 g/mol. The van der Waals surface area contributed by atoms with Crippen molar-refractivity contribution in [3.05, 3.63) is 59.7 Å². The summed E-state index contributed by atoms with van der Waals surface area (Å²) in [5, 5.41) is 45.5. The monoisotopic (exact) mass is 558 g/mol. The Hall–Kier alpha value is -3.71. The summed E-state index contributed by atoms with van der Waals surface area (Å²) in [6, 6.07) is 13.9. The fourth-order valence-electron chi connectivity index (χ4n) is 4.98. The van der Waals surface area contributed by atoms with Gasteiger partial charge in [0.2, 0.25) is 0 Å². The van der Waals surface area contributed by atoms with Crippen molar-refractivity contribution in [2.75, 3.05) is 13.2 Å². The number of aliphatic hydroxyl groups is 3. The molecule has 1 aliphatic carbocycles. The van der Waals surface area contributed by atoms with Crippen molar-refractivity contribution in [1.82, 2.24) is 10.6 Å². The number of aliphatic hydroxyl groups excluding tert-OH is 3. The van der Waals surface area contributed by atoms with Crippen molar-refractivity contribution >= 4 is 18.2 Å². The number of amides is 2. The molecule has 0 aromatic heterocycles. The topological polar surface area (TPSA) is 184 Å². The molecule has 12 nitrogen and oxygen atoms in total. The second-order valence-corrected chi connectivity index (χ2v) is 10.8. The normalized spacial score (nSPS) is 24.8. The molecule has 0 spiro atoms. The first kappa shape index (κ1) is 29.3. The van der Waals surface area contributed by atoms with Crippen molar-refractivity contribution in [2.45, 2.75) is 68.9 Å². The molecule has 1 heterocycles. The minimum absolute atomic E-state index is 0.0405. The van der Waals surface area contributed by atoms with Gasteiger partial charge in [-0.15, -0.1) is 0 Å². The Morgan fingerprint density at radius 1 is 0.900 bits per heavy atom. The average Bonchev–Trinajstić information content (AvgIpc) is 3.21. The number of carboxylic acid groups (broad SMARTS) is 1. The van der Waals surface area contributed by atoms with Crippen molar-refractivity contribution in [3.8, 4) is 11.1 Å². The van der Waals surface area contributed by atoms with Gasteiger partial charge in [0.1, 0.15) is 42.7 Å². The van der Waals surface area contributed by atoms with E-state index >= 15 is 0 Å². The number of carboxylic acids is 1. The van der Waals surface area contributed by atoms with Gasteiger partial charge in [0.25, 0.3) is 0 Å². The van der Waals surface area contributed by atoms with Gasteiger partial charge in [-0.25, -0.2) is 14.4 Å². The lowest BCUT2D eigenvalue weighted by Crippen LogP contribution is -2.66. The first-order valence-corrected chi connectivity index (χ1v) is 12.9. The maximum absolute atomic E-state index is 12.6. The van der Waals surface area contributed by atoms with Crippen LogP contribution in [0.15, 0.2) is 48.5 Å². The third kappa shape index (κ3) is 6.36. The molecule has 40 heavy (non-hydrogen) atoms. The predicted octanol–water partition coefficient (Wildman–Crippen LogP) is 1.35. The number of benzene rings is 2. The number of aliphatic carboxylic acids is 1. The number of ether oxygens (including phenoxy) is 3. The van der Waals surface area contributed by atoms with E-state index in [-0.39, 0.29) is 19.1 Å². The molecule has 1 saturated heterocycles. The minimum atomic E-state index is -1.86. The Balaban J connectivity index is 1.38. The smallest absolute Gasteiger partial charge is 0.408 e. The van der Waals surface area contributed by atoms with Crippen LogP contribution in [0, 0.1) is 0 Å². The summed E-state index contributed by atoms with van der Waals surface area (Å²) in [7, 11) is 0. The third-order valence-electron chi connectivity index (χ3n) is 6.81. The first-order chi connectivity index (χ1) is 18.9. The maximum atomic E-state index is 12.6. The van der Waals surface area contributed by atoms with Gasteiger partial charge in [-0.3, -0.25) is 0 Å². The van der Waals surface area contributed by atoms with Crippen LogP contribution in [-0.2, 0) is 19.0 Å². The molecule has 216 valence electrons. The number of carbonyl (C=O) groups is 3. The Labute approximate surface area is 230 Å². The largest absolute Gasteiger partial charge is 0.480 e. The van der Waals surface area contributed by atoms with Crippen LogP contribution in [-0.4, -0.2) is 93.9 Å². The number of alkyl carbamates (subject to hydrolysis) is 2. The van der Waals surface area contributed by atoms with Crippen molar-refractivity contribution in [1.29, 1.82) is 0 Å². The fraction of sp³-hybridized carbons (Fsp3) is 0.464. The molecule has 2 aliphatic rings. The number of nitrogens with one attached hydrogen (secondary N) is 2. The number of rotatable bonds is 7. The first-order valence-electron chi connectivity index (χ1n) is 12.9. The van der Waals surface area contributed by atoms with Gasteiger partial charge in [0, 0.05) is 12.5 Å². The van der Waals surface area contributed by atoms with Crippen LogP contribution in [0.5, 0.6) is 0 Å². The molecule has 6 N–H and O–H groups in total. The highest BCUT2D eigenvalue weighted by molar-refractivity contribution is 5.81. The van der Waals surface area contributed by atoms with Gasteiger partial charge in [0.15, 0.2) is 6.04 Å². The van der Waals surface area contributed by atoms with Gasteiger partial charge in [0.05, 0.1) is 0 Å². The predicted molar refractivity (Wildman–Crippen MR) is 141 cm³/mol. The fourth-order valence-corrected chi connectivity index (χ4v) is 4.98. The summed E-state index contributed by atoms with van der Waals surface area (Å²) < 4.78 is 16.1. The van der Waals surface area contributed by atoms with E-state index < -0.39 is 60.3 Å². The molecule has 12 heteroatoms. The molecular formula is C28H34N2O10. The summed E-state index contributed by atoms with van der Waals surface area (Å²) in [5.41, 5.74) is 3.26. The minimum Gasteiger partial charge on any atom is -0.480 e. The molecule has 0 saturated carbocycles. The molecule has 3 unspecified atom stereocenters. The van der Waals surface area contributed by atoms with Gasteiger partial charge < -0.3 is 45.3 Å². The van der Waals surface area contributed by atoms with E-state index in [0.29, 0.717) is 0 Å². The zero-order chi connectivity index (χ0) is 29.2. The van der Waals surface area contributed by atoms with Crippen LogP contribution >= 0.6 is 0 Å². The molecule has 0 bridgehead atoms. The second kappa shape index (κ2) is 11.8. The van der Waals surface area contributed by atoms with E-state index in [0.717, 1.165) is 22.3 Å². The van der Waals surface area contributed by atoms with E-state index in [1.54, 1.807) is 20.8 Å². The number of hydrogen-bond acceptors (Lipinski definition) is 9. The highest BCUT2D eigenvalue weighted by Gasteiger charge is 2.49. The zero-order valence-electron chi connectivity index (χ0n) is 22.3. The van der Waals surface area contributed by atoms with Crippen LogP contribution < -0.4 is 10.6 Å². The Morgan fingerprint density at radius 2 is 1.48 bits per heavy atom. The molecule has 2 aromatic rings. The van der Waals surface area contributed by atoms with E-state index in [4.69, 9.17) is 14.2 Å². The molecule has 1 aliphatic heterocycles. The summed E-state index contributed by atoms with van der Waals surface area (Å²) in [4.78, 5) is 36.6. The Kier molecular flexibility index (Phi) is 8.64. The lowest BCUT2D eigenvalue weighted by molar-refractivity contribution is -0.227. The Bertz CT molecular complexity index is 1200. The Morgan fingerprint density at radius 3 is 2.02 bits per heavy atom. The SMILES string of the molecule is CC(C)(C)OC(=O)N[C@@H](C(=O)O)[C@@H]1OC(CNC(=O)OCC2c3ccccc3-c3ccccc32)[C@@H](O)C(O)C1O. The van der Waals surface area contributed by atoms with E-state index in [1.165, 1.54) is 0 Å². The maximum Gasteiger partial charge on any atom is 0.408 e. The zero-order valence-corrected chi connectivity index (χ0v) is 22.3.